The van der Waals surface area contributed by atoms with E-state index < -0.39 is 36.7 Å². The summed E-state index contributed by atoms with van der Waals surface area (Å²) >= 11 is 5.29. The van der Waals surface area contributed by atoms with Crippen LogP contribution in [0.2, 0.25) is 0 Å². The van der Waals surface area contributed by atoms with E-state index in [9.17, 15) is 4.79 Å². The van der Waals surface area contributed by atoms with Crippen LogP contribution in [-0.4, -0.2) is 102 Å². The maximum Gasteiger partial charge on any atom is 0.338 e. The van der Waals surface area contributed by atoms with Crippen molar-refractivity contribution >= 4 is 23.4 Å². The van der Waals surface area contributed by atoms with Gasteiger partial charge in [0, 0.05) is 41.5 Å². The minimum absolute atomic E-state index is 0.329. The summed E-state index contributed by atoms with van der Waals surface area (Å²) in [7, 11) is 9.54. The van der Waals surface area contributed by atoms with Gasteiger partial charge in [0.1, 0.15) is 30.7 Å². The molecule has 0 amide bonds. The lowest BCUT2D eigenvalue weighted by Crippen LogP contribution is -2.63. The van der Waals surface area contributed by atoms with E-state index in [0.717, 1.165) is 18.7 Å². The summed E-state index contributed by atoms with van der Waals surface area (Å²) in [5.41, 5.74) is 0.918. The standard InChI is InChI=1S/C22H34N2O8S/c1-23-11-12-24(2)22(33)30-13-14-7-9-15(10-8-14)31-21-19(28-5)17(27-4)16(26-3)18(32-21)20(25)29-6/h7-10,16-19,21,23H,11-13H2,1-6H3/t16-,17-,18-,19+,21+/m0/s1. The zero-order valence-electron chi connectivity index (χ0n) is 19.9. The molecule has 0 aromatic heterocycles. The van der Waals surface area contributed by atoms with Crippen LogP contribution in [0.5, 0.6) is 5.75 Å². The zero-order valence-corrected chi connectivity index (χ0v) is 20.8. The highest BCUT2D eigenvalue weighted by Crippen LogP contribution is 2.29. The Labute approximate surface area is 200 Å². The van der Waals surface area contributed by atoms with Crippen molar-refractivity contribution in [2.24, 2.45) is 0 Å². The van der Waals surface area contributed by atoms with Crippen LogP contribution in [0.25, 0.3) is 0 Å². The molecule has 0 radical (unpaired) electrons. The summed E-state index contributed by atoms with van der Waals surface area (Å²) in [5.74, 6) is -0.0657. The first-order valence-electron chi connectivity index (χ1n) is 10.5. The molecule has 0 bridgehead atoms. The van der Waals surface area contributed by atoms with Gasteiger partial charge in [-0.3, -0.25) is 0 Å². The smallest absolute Gasteiger partial charge is 0.338 e. The molecular formula is C22H34N2O8S. The van der Waals surface area contributed by atoms with Gasteiger partial charge in [-0.1, -0.05) is 12.1 Å². The number of hydrogen-bond donors (Lipinski definition) is 1. The lowest BCUT2D eigenvalue weighted by molar-refractivity contribution is -0.285. The van der Waals surface area contributed by atoms with Crippen LogP contribution in [-0.2, 0) is 39.8 Å². The van der Waals surface area contributed by atoms with Crippen molar-refractivity contribution in [3.05, 3.63) is 29.8 Å². The number of nitrogens with zero attached hydrogens (tertiary/aromatic N) is 1. The summed E-state index contributed by atoms with van der Waals surface area (Å²) in [5, 5.41) is 3.50. The topological polar surface area (TPSA) is 97.0 Å². The van der Waals surface area contributed by atoms with Gasteiger partial charge in [0.25, 0.3) is 5.17 Å². The fourth-order valence-corrected chi connectivity index (χ4v) is 3.56. The summed E-state index contributed by atoms with van der Waals surface area (Å²) in [6, 6.07) is 7.28. The van der Waals surface area contributed by atoms with Crippen molar-refractivity contribution < 1.29 is 38.0 Å². The first-order valence-corrected chi connectivity index (χ1v) is 10.9. The minimum atomic E-state index is -1.03. The van der Waals surface area contributed by atoms with E-state index in [1.807, 2.05) is 31.1 Å². The van der Waals surface area contributed by atoms with Crippen LogP contribution in [0.1, 0.15) is 5.56 Å². The number of methoxy groups -OCH3 is 4. The number of carbonyl (C=O) groups excluding carboxylic acids is 1. The average molecular weight is 487 g/mol. The van der Waals surface area contributed by atoms with E-state index in [2.05, 4.69) is 5.32 Å². The maximum absolute atomic E-state index is 12.3. The Morgan fingerprint density at radius 2 is 1.70 bits per heavy atom. The highest BCUT2D eigenvalue weighted by molar-refractivity contribution is 7.80. The molecule has 33 heavy (non-hydrogen) atoms. The number of esters is 1. The van der Waals surface area contributed by atoms with E-state index in [-0.39, 0.29) is 0 Å². The molecule has 1 heterocycles. The van der Waals surface area contributed by atoms with Gasteiger partial charge in [0.2, 0.25) is 6.29 Å². The molecule has 1 aromatic rings. The second kappa shape index (κ2) is 13.6. The normalized spacial score (nSPS) is 24.7. The van der Waals surface area contributed by atoms with Gasteiger partial charge in [-0.2, -0.15) is 0 Å². The number of ether oxygens (including phenoxy) is 7. The molecule has 0 saturated carbocycles. The second-order valence-electron chi connectivity index (χ2n) is 7.39. The van der Waals surface area contributed by atoms with Gasteiger partial charge in [-0.25, -0.2) is 4.79 Å². The molecule has 186 valence electrons. The predicted octanol–water partition coefficient (Wildman–Crippen LogP) is 0.961. The van der Waals surface area contributed by atoms with Gasteiger partial charge >= 0.3 is 5.97 Å². The molecule has 1 aliphatic rings. The average Bonchev–Trinajstić information content (AvgIpc) is 2.84. The lowest BCUT2D eigenvalue weighted by atomic mass is 9.98. The molecule has 1 saturated heterocycles. The number of hydrogen-bond acceptors (Lipinski definition) is 10. The number of carbonyl (C=O) groups is 1. The Balaban J connectivity index is 2.04. The van der Waals surface area contributed by atoms with E-state index in [1.165, 1.54) is 28.4 Å². The Hall–Kier alpha value is -2.02. The molecule has 1 aromatic carbocycles. The third-order valence-electron chi connectivity index (χ3n) is 5.29. The first-order chi connectivity index (χ1) is 15.9. The van der Waals surface area contributed by atoms with Gasteiger partial charge < -0.3 is 43.4 Å². The predicted molar refractivity (Wildman–Crippen MR) is 124 cm³/mol. The third kappa shape index (κ3) is 7.23. The van der Waals surface area contributed by atoms with Gasteiger partial charge in [-0.15, -0.1) is 0 Å². The van der Waals surface area contributed by atoms with Crippen LogP contribution in [0.15, 0.2) is 24.3 Å². The molecule has 1 fully saturated rings. The first kappa shape index (κ1) is 27.2. The Bertz CT molecular complexity index is 750. The molecule has 1 N–H and O–H groups in total. The van der Waals surface area contributed by atoms with Crippen molar-refractivity contribution in [3.63, 3.8) is 0 Å². The Kier molecular flexibility index (Phi) is 11.2. The van der Waals surface area contributed by atoms with Crippen LogP contribution < -0.4 is 10.1 Å². The van der Waals surface area contributed by atoms with E-state index in [0.29, 0.717) is 17.5 Å². The molecule has 11 heteroatoms. The number of thiocarbonyl (C=S) groups is 1. The van der Waals surface area contributed by atoms with Crippen molar-refractivity contribution in [2.45, 2.75) is 37.3 Å². The number of benzene rings is 1. The highest BCUT2D eigenvalue weighted by atomic mass is 32.1. The maximum atomic E-state index is 12.3. The van der Waals surface area contributed by atoms with Gasteiger partial charge in [-0.05, 0) is 37.0 Å². The number of nitrogens with one attached hydrogen (secondary N) is 1. The zero-order chi connectivity index (χ0) is 24.4. The molecule has 2 rings (SSSR count). The largest absolute Gasteiger partial charge is 0.467 e. The van der Waals surface area contributed by atoms with E-state index in [1.54, 1.807) is 12.1 Å². The third-order valence-corrected chi connectivity index (χ3v) is 5.72. The highest BCUT2D eigenvalue weighted by Gasteiger charge is 2.51. The number of likely N-dealkylation sites (N-methyl/N-ethyl adjacent to an activating group) is 2. The van der Waals surface area contributed by atoms with Crippen molar-refractivity contribution in [1.29, 1.82) is 0 Å². The molecule has 10 nitrogen and oxygen atoms in total. The summed E-state index contributed by atoms with van der Waals surface area (Å²) in [6.45, 7) is 1.89. The van der Waals surface area contributed by atoms with E-state index >= 15 is 0 Å². The molecule has 1 aliphatic heterocycles. The summed E-state index contributed by atoms with van der Waals surface area (Å²) < 4.78 is 39.0. The van der Waals surface area contributed by atoms with E-state index in [4.69, 9.17) is 45.4 Å². The Morgan fingerprint density at radius 3 is 2.24 bits per heavy atom. The van der Waals surface area contributed by atoms with Gasteiger partial charge in [0.15, 0.2) is 6.10 Å². The summed E-state index contributed by atoms with van der Waals surface area (Å²) in [4.78, 5) is 14.1. The van der Waals surface area contributed by atoms with Crippen LogP contribution >= 0.6 is 12.2 Å². The lowest BCUT2D eigenvalue weighted by Gasteiger charge is -2.43. The van der Waals surface area contributed by atoms with Crippen molar-refractivity contribution in [3.8, 4) is 5.75 Å². The molecule has 5 atom stereocenters. The second-order valence-corrected chi connectivity index (χ2v) is 7.74. The minimum Gasteiger partial charge on any atom is -0.467 e. The SMILES string of the molecule is CNCCN(C)C(=S)OCc1ccc(O[C@@H]2O[C@H](C(=O)OC)[C@@H](OC)[C@H](OC)[C@H]2OC)cc1. The molecule has 0 aliphatic carbocycles. The van der Waals surface area contributed by atoms with Crippen LogP contribution in [0, 0.1) is 0 Å². The van der Waals surface area contributed by atoms with Gasteiger partial charge in [0.05, 0.1) is 7.11 Å². The van der Waals surface area contributed by atoms with Crippen LogP contribution in [0.4, 0.5) is 0 Å². The van der Waals surface area contributed by atoms with Crippen LogP contribution in [0.3, 0.4) is 0 Å². The van der Waals surface area contributed by atoms with Crippen molar-refractivity contribution in [2.75, 3.05) is 55.6 Å². The van der Waals surface area contributed by atoms with Crippen molar-refractivity contribution in [1.82, 2.24) is 10.2 Å². The Morgan fingerprint density at radius 1 is 1.06 bits per heavy atom. The fraction of sp³-hybridized carbons (Fsp3) is 0.636. The molecule has 0 unspecified atom stereocenters. The quantitative estimate of drug-likeness (QED) is 0.358. The summed E-state index contributed by atoms with van der Waals surface area (Å²) in [6.07, 6.45) is -3.94. The fourth-order valence-electron chi connectivity index (χ4n) is 3.41. The molecule has 0 spiro atoms. The number of rotatable bonds is 11. The molecular weight excluding hydrogens is 452 g/mol. The monoisotopic (exact) mass is 486 g/mol.